The Bertz CT molecular complexity index is 925. The lowest BCUT2D eigenvalue weighted by Crippen LogP contribution is -2.43. The maximum atomic E-state index is 13.5. The topological polar surface area (TPSA) is 81.7 Å². The molecule has 0 bridgehead atoms. The number of hydrogen-bond acceptors (Lipinski definition) is 6. The maximum Gasteiger partial charge on any atom is 0.336 e. The Kier molecular flexibility index (Phi) is 6.44. The summed E-state index contributed by atoms with van der Waals surface area (Å²) in [5, 5.41) is 3.25. The lowest BCUT2D eigenvalue weighted by Gasteiger charge is -2.38. The Balaban J connectivity index is 2.17. The van der Waals surface area contributed by atoms with E-state index in [1.54, 1.807) is 6.92 Å². The fraction of sp³-hybridized carbons (Fsp3) is 0.458. The van der Waals surface area contributed by atoms with Crippen molar-refractivity contribution in [3.63, 3.8) is 0 Å². The van der Waals surface area contributed by atoms with E-state index in [-0.39, 0.29) is 18.3 Å². The molecule has 1 aromatic carbocycles. The van der Waals surface area contributed by atoms with Crippen LogP contribution in [0.15, 0.2) is 46.8 Å². The number of ether oxygens (including phenoxy) is 2. The molecule has 30 heavy (non-hydrogen) atoms. The predicted octanol–water partition coefficient (Wildman–Crippen LogP) is 3.43. The lowest BCUT2D eigenvalue weighted by atomic mass is 9.69. The lowest BCUT2D eigenvalue weighted by molar-refractivity contribution is -0.151. The molecule has 0 aromatic heterocycles. The molecule has 0 fully saturated rings. The van der Waals surface area contributed by atoms with Crippen LogP contribution >= 0.6 is 0 Å². The Morgan fingerprint density at radius 2 is 1.83 bits per heavy atom. The SMILES string of the molecule is CCOC(=O)C1=C(C)NC2=C(C(=O)[C@H](C(=O)OC)[C@@H](C)C2)[C@@H]1c1ccc(CC)cc1. The zero-order chi connectivity index (χ0) is 22.0. The number of aryl methyl sites for hydroxylation is 1. The second-order valence-corrected chi connectivity index (χ2v) is 7.85. The average Bonchev–Trinajstić information content (AvgIpc) is 2.72. The monoisotopic (exact) mass is 411 g/mol. The Hall–Kier alpha value is -2.89. The third-order valence-corrected chi connectivity index (χ3v) is 5.96. The minimum Gasteiger partial charge on any atom is -0.468 e. The first kappa shape index (κ1) is 21.8. The number of hydrogen-bond donors (Lipinski definition) is 1. The molecule has 0 saturated heterocycles. The fourth-order valence-electron chi connectivity index (χ4n) is 4.44. The Morgan fingerprint density at radius 1 is 1.17 bits per heavy atom. The number of carbonyl (C=O) groups excluding carboxylic acids is 3. The highest BCUT2D eigenvalue weighted by atomic mass is 16.5. The third kappa shape index (κ3) is 3.78. The number of esters is 2. The number of allylic oxidation sites excluding steroid dienone is 3. The summed E-state index contributed by atoms with van der Waals surface area (Å²) in [7, 11) is 1.29. The molecule has 1 aliphatic heterocycles. The summed E-state index contributed by atoms with van der Waals surface area (Å²) in [5.41, 5.74) is 4.30. The van der Waals surface area contributed by atoms with Crippen molar-refractivity contribution in [2.24, 2.45) is 11.8 Å². The molecule has 0 unspecified atom stereocenters. The van der Waals surface area contributed by atoms with Crippen molar-refractivity contribution in [1.29, 1.82) is 0 Å². The number of carbonyl (C=O) groups is 3. The van der Waals surface area contributed by atoms with E-state index in [9.17, 15) is 14.4 Å². The van der Waals surface area contributed by atoms with Gasteiger partial charge in [-0.3, -0.25) is 9.59 Å². The molecular formula is C24H29NO5. The van der Waals surface area contributed by atoms with E-state index in [0.29, 0.717) is 23.3 Å². The molecule has 1 aromatic rings. The number of benzene rings is 1. The molecule has 0 amide bonds. The van der Waals surface area contributed by atoms with Crippen LogP contribution in [-0.4, -0.2) is 31.4 Å². The first-order valence-electron chi connectivity index (χ1n) is 10.4. The zero-order valence-corrected chi connectivity index (χ0v) is 18.2. The van der Waals surface area contributed by atoms with Crippen molar-refractivity contribution in [1.82, 2.24) is 5.32 Å². The van der Waals surface area contributed by atoms with E-state index >= 15 is 0 Å². The van der Waals surface area contributed by atoms with Gasteiger partial charge in [-0.1, -0.05) is 38.1 Å². The van der Waals surface area contributed by atoms with Crippen molar-refractivity contribution in [2.45, 2.75) is 46.5 Å². The van der Waals surface area contributed by atoms with Crippen LogP contribution in [0.25, 0.3) is 0 Å². The van der Waals surface area contributed by atoms with Gasteiger partial charge in [0, 0.05) is 22.9 Å². The minimum atomic E-state index is -0.880. The van der Waals surface area contributed by atoms with Gasteiger partial charge in [-0.15, -0.1) is 0 Å². The molecule has 0 radical (unpaired) electrons. The van der Waals surface area contributed by atoms with E-state index in [1.165, 1.54) is 7.11 Å². The van der Waals surface area contributed by atoms with Gasteiger partial charge in [-0.25, -0.2) is 4.79 Å². The highest BCUT2D eigenvalue weighted by Crippen LogP contribution is 2.45. The van der Waals surface area contributed by atoms with Crippen molar-refractivity contribution < 1.29 is 23.9 Å². The summed E-state index contributed by atoms with van der Waals surface area (Å²) in [6.45, 7) is 7.75. The smallest absolute Gasteiger partial charge is 0.336 e. The molecule has 6 nitrogen and oxygen atoms in total. The summed E-state index contributed by atoms with van der Waals surface area (Å²) < 4.78 is 10.2. The standard InChI is InChI=1S/C24H29NO5/c1-6-15-8-10-16(11-9-15)20-19(24(28)30-7-2)14(4)25-17-12-13(3)18(23(27)29-5)22(26)21(17)20/h8-11,13,18,20,25H,6-7,12H2,1-5H3/t13-,18+,20+/m0/s1. The molecule has 1 aliphatic carbocycles. The van der Waals surface area contributed by atoms with Gasteiger partial charge in [-0.05, 0) is 43.7 Å². The van der Waals surface area contributed by atoms with E-state index < -0.39 is 23.8 Å². The average molecular weight is 411 g/mol. The van der Waals surface area contributed by atoms with Gasteiger partial charge in [-0.2, -0.15) is 0 Å². The quantitative estimate of drug-likeness (QED) is 0.591. The summed E-state index contributed by atoms with van der Waals surface area (Å²) >= 11 is 0. The van der Waals surface area contributed by atoms with Crippen LogP contribution in [0.3, 0.4) is 0 Å². The third-order valence-electron chi connectivity index (χ3n) is 5.96. The second kappa shape index (κ2) is 8.86. The van der Waals surface area contributed by atoms with Gasteiger partial charge >= 0.3 is 11.9 Å². The summed E-state index contributed by atoms with van der Waals surface area (Å²) in [4.78, 5) is 38.8. The zero-order valence-electron chi connectivity index (χ0n) is 18.2. The molecule has 0 saturated carbocycles. The van der Waals surface area contributed by atoms with Crippen molar-refractivity contribution in [3.05, 3.63) is 57.9 Å². The predicted molar refractivity (Wildman–Crippen MR) is 112 cm³/mol. The summed E-state index contributed by atoms with van der Waals surface area (Å²) in [6.07, 6.45) is 1.42. The van der Waals surface area contributed by atoms with Crippen LogP contribution in [0.4, 0.5) is 0 Å². The van der Waals surface area contributed by atoms with E-state index in [2.05, 4.69) is 12.2 Å². The largest absolute Gasteiger partial charge is 0.468 e. The summed E-state index contributed by atoms with van der Waals surface area (Å²) in [6, 6.07) is 7.90. The number of nitrogens with one attached hydrogen (secondary N) is 1. The van der Waals surface area contributed by atoms with E-state index in [0.717, 1.165) is 23.2 Å². The van der Waals surface area contributed by atoms with E-state index in [1.807, 2.05) is 38.1 Å². The Morgan fingerprint density at radius 3 is 2.40 bits per heavy atom. The molecule has 1 N–H and O–H groups in total. The fourth-order valence-corrected chi connectivity index (χ4v) is 4.44. The van der Waals surface area contributed by atoms with Crippen LogP contribution in [-0.2, 0) is 30.3 Å². The highest BCUT2D eigenvalue weighted by Gasteiger charge is 2.47. The number of ketones is 1. The van der Waals surface area contributed by atoms with Crippen molar-refractivity contribution in [2.75, 3.05) is 13.7 Å². The molecule has 6 heteroatoms. The van der Waals surface area contributed by atoms with Gasteiger partial charge in [0.1, 0.15) is 5.92 Å². The molecule has 3 rings (SSSR count). The number of dihydropyridines is 1. The maximum absolute atomic E-state index is 13.5. The van der Waals surface area contributed by atoms with Crippen molar-refractivity contribution >= 4 is 17.7 Å². The Labute approximate surface area is 177 Å². The summed E-state index contributed by atoms with van der Waals surface area (Å²) in [5.74, 6) is -2.95. The highest BCUT2D eigenvalue weighted by molar-refractivity contribution is 6.12. The molecule has 160 valence electrons. The van der Waals surface area contributed by atoms with Crippen LogP contribution in [0.1, 0.15) is 51.2 Å². The number of rotatable bonds is 5. The molecule has 0 spiro atoms. The normalized spacial score (nSPS) is 23.6. The van der Waals surface area contributed by atoms with Crippen LogP contribution in [0, 0.1) is 11.8 Å². The number of Topliss-reactive ketones (excluding diaryl/α,β-unsaturated/α-hetero) is 1. The van der Waals surface area contributed by atoms with Gasteiger partial charge in [0.25, 0.3) is 0 Å². The van der Waals surface area contributed by atoms with Crippen molar-refractivity contribution in [3.8, 4) is 0 Å². The molecular weight excluding hydrogens is 382 g/mol. The first-order valence-corrected chi connectivity index (χ1v) is 10.4. The first-order chi connectivity index (χ1) is 14.3. The minimum absolute atomic E-state index is 0.198. The van der Waals surface area contributed by atoms with E-state index in [4.69, 9.17) is 9.47 Å². The molecule has 1 heterocycles. The molecule has 2 aliphatic rings. The van der Waals surface area contributed by atoms with Gasteiger partial charge < -0.3 is 14.8 Å². The van der Waals surface area contributed by atoms with Gasteiger partial charge in [0.05, 0.1) is 19.3 Å². The van der Waals surface area contributed by atoms with Gasteiger partial charge in [0.15, 0.2) is 5.78 Å². The van der Waals surface area contributed by atoms with Crippen LogP contribution in [0.5, 0.6) is 0 Å². The number of methoxy groups -OCH3 is 1. The van der Waals surface area contributed by atoms with Gasteiger partial charge in [0.2, 0.25) is 0 Å². The van der Waals surface area contributed by atoms with Crippen LogP contribution < -0.4 is 5.32 Å². The second-order valence-electron chi connectivity index (χ2n) is 7.85. The molecule has 3 atom stereocenters. The van der Waals surface area contributed by atoms with Crippen LogP contribution in [0.2, 0.25) is 0 Å².